The van der Waals surface area contributed by atoms with Crippen LogP contribution in [-0.2, 0) is 0 Å². The lowest BCUT2D eigenvalue weighted by atomic mass is 9.97. The summed E-state index contributed by atoms with van der Waals surface area (Å²) in [6.07, 6.45) is 2.87. The standard InChI is InChI=1S/C20H20N4O2/c25-19(15-7-3-1-4-8-15)23-21-17-11-13-18(14-12-17)22-24-20(26)16-9-5-2-6-10-16/h1-10H,11-14H2,(H,23,25)(H,24,26). The second-order valence-electron chi connectivity index (χ2n) is 5.97. The lowest BCUT2D eigenvalue weighted by Gasteiger charge is -2.15. The van der Waals surface area contributed by atoms with Gasteiger partial charge >= 0.3 is 0 Å². The van der Waals surface area contributed by atoms with Gasteiger partial charge in [-0.3, -0.25) is 9.59 Å². The van der Waals surface area contributed by atoms with Gasteiger partial charge in [-0.2, -0.15) is 10.2 Å². The summed E-state index contributed by atoms with van der Waals surface area (Å²) in [5, 5.41) is 8.42. The molecule has 2 aromatic rings. The average Bonchev–Trinajstić information content (AvgIpc) is 2.72. The molecule has 1 aliphatic rings. The van der Waals surface area contributed by atoms with Crippen LogP contribution in [0.1, 0.15) is 46.4 Å². The lowest BCUT2D eigenvalue weighted by Crippen LogP contribution is -2.24. The molecule has 26 heavy (non-hydrogen) atoms. The summed E-state index contributed by atoms with van der Waals surface area (Å²) in [6, 6.07) is 18.0. The average molecular weight is 348 g/mol. The number of hydrogen-bond donors (Lipinski definition) is 2. The molecule has 0 saturated heterocycles. The van der Waals surface area contributed by atoms with Crippen LogP contribution >= 0.6 is 0 Å². The third-order valence-electron chi connectivity index (χ3n) is 4.11. The molecule has 0 aliphatic heterocycles. The van der Waals surface area contributed by atoms with Crippen molar-refractivity contribution in [3.05, 3.63) is 71.8 Å². The van der Waals surface area contributed by atoms with E-state index in [-0.39, 0.29) is 11.8 Å². The van der Waals surface area contributed by atoms with Gasteiger partial charge in [-0.25, -0.2) is 10.9 Å². The molecule has 0 heterocycles. The van der Waals surface area contributed by atoms with Crippen LogP contribution < -0.4 is 10.9 Å². The topological polar surface area (TPSA) is 82.9 Å². The summed E-state index contributed by atoms with van der Waals surface area (Å²) in [6.45, 7) is 0. The van der Waals surface area contributed by atoms with E-state index in [2.05, 4.69) is 21.1 Å². The SMILES string of the molecule is O=C(NN=C1CCC(=NNC(=O)c2ccccc2)CC1)c1ccccc1. The molecule has 3 rings (SSSR count). The number of rotatable bonds is 4. The Bertz CT molecular complexity index is 746. The van der Waals surface area contributed by atoms with Crippen LogP contribution in [0.4, 0.5) is 0 Å². The fourth-order valence-electron chi connectivity index (χ4n) is 2.62. The maximum Gasteiger partial charge on any atom is 0.271 e. The third-order valence-corrected chi connectivity index (χ3v) is 4.11. The highest BCUT2D eigenvalue weighted by Crippen LogP contribution is 2.13. The molecule has 2 N–H and O–H groups in total. The minimum Gasteiger partial charge on any atom is -0.267 e. The summed E-state index contributed by atoms with van der Waals surface area (Å²) < 4.78 is 0. The number of hydrazone groups is 2. The zero-order valence-electron chi connectivity index (χ0n) is 14.3. The molecule has 132 valence electrons. The Morgan fingerprint density at radius 1 is 0.615 bits per heavy atom. The summed E-state index contributed by atoms with van der Waals surface area (Å²) in [7, 11) is 0. The van der Waals surface area contributed by atoms with Crippen LogP contribution in [0.3, 0.4) is 0 Å². The van der Waals surface area contributed by atoms with Crippen LogP contribution in [0, 0.1) is 0 Å². The molecule has 0 atom stereocenters. The van der Waals surface area contributed by atoms with Crippen molar-refractivity contribution in [2.75, 3.05) is 0 Å². The molecule has 2 aromatic carbocycles. The maximum atomic E-state index is 12.0. The number of carbonyl (C=O) groups excluding carboxylic acids is 2. The van der Waals surface area contributed by atoms with Crippen LogP contribution in [0.5, 0.6) is 0 Å². The van der Waals surface area contributed by atoms with Crippen LogP contribution in [0.15, 0.2) is 70.9 Å². The van der Waals surface area contributed by atoms with Crippen LogP contribution in [0.2, 0.25) is 0 Å². The van der Waals surface area contributed by atoms with Crippen LogP contribution in [0.25, 0.3) is 0 Å². The Labute approximate surface area is 152 Å². The third kappa shape index (κ3) is 4.86. The normalized spacial score (nSPS) is 13.7. The first-order chi connectivity index (χ1) is 12.7. The van der Waals surface area contributed by atoms with E-state index in [9.17, 15) is 9.59 Å². The summed E-state index contributed by atoms with van der Waals surface area (Å²) in [5.41, 5.74) is 8.22. The Hall–Kier alpha value is -3.28. The van der Waals surface area contributed by atoms with Gasteiger partial charge in [0, 0.05) is 22.6 Å². The Morgan fingerprint density at radius 3 is 1.31 bits per heavy atom. The molecule has 1 fully saturated rings. The largest absolute Gasteiger partial charge is 0.271 e. The summed E-state index contributed by atoms with van der Waals surface area (Å²) in [5.74, 6) is -0.430. The van der Waals surface area contributed by atoms with Crippen molar-refractivity contribution in [2.24, 2.45) is 10.2 Å². The molecule has 6 nitrogen and oxygen atoms in total. The fraction of sp³-hybridized carbons (Fsp3) is 0.200. The van der Waals surface area contributed by atoms with E-state index in [1.807, 2.05) is 36.4 Å². The fourth-order valence-corrected chi connectivity index (χ4v) is 2.62. The van der Waals surface area contributed by atoms with E-state index in [4.69, 9.17) is 0 Å². The molecule has 0 aromatic heterocycles. The first-order valence-electron chi connectivity index (χ1n) is 8.54. The van der Waals surface area contributed by atoms with Gasteiger partial charge in [0.05, 0.1) is 0 Å². The lowest BCUT2D eigenvalue weighted by molar-refractivity contribution is 0.0946. The van der Waals surface area contributed by atoms with Gasteiger partial charge in [-0.05, 0) is 49.9 Å². The molecular formula is C20H20N4O2. The number of benzene rings is 2. The van der Waals surface area contributed by atoms with Gasteiger partial charge in [0.25, 0.3) is 11.8 Å². The van der Waals surface area contributed by atoms with Gasteiger partial charge in [-0.1, -0.05) is 36.4 Å². The van der Waals surface area contributed by atoms with Gasteiger partial charge < -0.3 is 0 Å². The molecule has 0 bridgehead atoms. The molecule has 0 spiro atoms. The van der Waals surface area contributed by atoms with Crippen molar-refractivity contribution >= 4 is 23.2 Å². The second-order valence-corrected chi connectivity index (χ2v) is 5.97. The minimum absolute atomic E-state index is 0.215. The van der Waals surface area contributed by atoms with Crippen molar-refractivity contribution in [2.45, 2.75) is 25.7 Å². The Morgan fingerprint density at radius 2 is 0.962 bits per heavy atom. The summed E-state index contributed by atoms with van der Waals surface area (Å²) >= 11 is 0. The minimum atomic E-state index is -0.215. The first kappa shape index (κ1) is 17.5. The van der Waals surface area contributed by atoms with Gasteiger partial charge in [-0.15, -0.1) is 0 Å². The van der Waals surface area contributed by atoms with Crippen molar-refractivity contribution in [1.82, 2.24) is 10.9 Å². The summed E-state index contributed by atoms with van der Waals surface area (Å²) in [4.78, 5) is 23.9. The van der Waals surface area contributed by atoms with E-state index in [0.29, 0.717) is 11.1 Å². The van der Waals surface area contributed by atoms with Gasteiger partial charge in [0.1, 0.15) is 0 Å². The predicted octanol–water partition coefficient (Wildman–Crippen LogP) is 3.13. The zero-order chi connectivity index (χ0) is 18.2. The number of carbonyl (C=O) groups is 2. The maximum absolute atomic E-state index is 12.0. The monoisotopic (exact) mass is 348 g/mol. The second kappa shape index (κ2) is 8.71. The zero-order valence-corrected chi connectivity index (χ0v) is 14.3. The highest BCUT2D eigenvalue weighted by atomic mass is 16.2. The molecule has 0 unspecified atom stereocenters. The van der Waals surface area contributed by atoms with E-state index in [1.165, 1.54) is 0 Å². The highest BCUT2D eigenvalue weighted by Gasteiger charge is 2.14. The van der Waals surface area contributed by atoms with Crippen molar-refractivity contribution in [3.63, 3.8) is 0 Å². The van der Waals surface area contributed by atoms with Crippen molar-refractivity contribution < 1.29 is 9.59 Å². The molecule has 1 aliphatic carbocycles. The number of nitrogens with zero attached hydrogens (tertiary/aromatic N) is 2. The quantitative estimate of drug-likeness (QED) is 0.832. The molecular weight excluding hydrogens is 328 g/mol. The highest BCUT2D eigenvalue weighted by molar-refractivity contribution is 6.00. The van der Waals surface area contributed by atoms with Crippen molar-refractivity contribution in [3.8, 4) is 0 Å². The Kier molecular flexibility index (Phi) is 5.88. The molecule has 2 amide bonds. The molecule has 0 radical (unpaired) electrons. The predicted molar refractivity (Wildman–Crippen MR) is 101 cm³/mol. The van der Waals surface area contributed by atoms with E-state index in [1.54, 1.807) is 24.3 Å². The number of nitrogens with one attached hydrogen (secondary N) is 2. The molecule has 6 heteroatoms. The number of hydrogen-bond acceptors (Lipinski definition) is 4. The van der Waals surface area contributed by atoms with E-state index < -0.39 is 0 Å². The first-order valence-corrected chi connectivity index (χ1v) is 8.54. The number of amides is 2. The van der Waals surface area contributed by atoms with E-state index >= 15 is 0 Å². The van der Waals surface area contributed by atoms with Crippen molar-refractivity contribution in [1.29, 1.82) is 0 Å². The van der Waals surface area contributed by atoms with E-state index in [0.717, 1.165) is 37.1 Å². The smallest absolute Gasteiger partial charge is 0.267 e. The van der Waals surface area contributed by atoms with Gasteiger partial charge in [0.15, 0.2) is 0 Å². The molecule has 1 saturated carbocycles. The van der Waals surface area contributed by atoms with Gasteiger partial charge in [0.2, 0.25) is 0 Å². The Balaban J connectivity index is 1.48. The van der Waals surface area contributed by atoms with Crippen LogP contribution in [-0.4, -0.2) is 23.2 Å².